The van der Waals surface area contributed by atoms with E-state index in [1.807, 2.05) is 0 Å². The summed E-state index contributed by atoms with van der Waals surface area (Å²) in [5.41, 5.74) is -0.255. The van der Waals surface area contributed by atoms with Crippen LogP contribution in [0, 0.1) is 0 Å². The molecule has 0 aromatic carbocycles. The summed E-state index contributed by atoms with van der Waals surface area (Å²) in [5.74, 6) is -1.33. The third kappa shape index (κ3) is 9.79. The Balaban J connectivity index is 4.11. The molecule has 126 valence electrons. The van der Waals surface area contributed by atoms with Gasteiger partial charge in [0.25, 0.3) is 0 Å². The van der Waals surface area contributed by atoms with Gasteiger partial charge < -0.3 is 20.5 Å². The molecule has 0 heterocycles. The zero-order valence-electron chi connectivity index (χ0n) is 13.7. The van der Waals surface area contributed by atoms with Crippen molar-refractivity contribution in [2.75, 3.05) is 6.54 Å². The van der Waals surface area contributed by atoms with Crippen molar-refractivity contribution in [1.29, 1.82) is 0 Å². The summed E-state index contributed by atoms with van der Waals surface area (Å²) in [4.78, 5) is 33.9. The number of alkyl carbamates (subject to hydrolysis) is 1. The number of amides is 2. The van der Waals surface area contributed by atoms with E-state index in [1.165, 1.54) is 0 Å². The van der Waals surface area contributed by atoms with Crippen LogP contribution in [-0.2, 0) is 14.3 Å². The van der Waals surface area contributed by atoms with Crippen molar-refractivity contribution in [1.82, 2.24) is 10.6 Å². The smallest absolute Gasteiger partial charge is 0.408 e. The topological polar surface area (TPSA) is 105 Å². The summed E-state index contributed by atoms with van der Waals surface area (Å²) >= 11 is 0. The molecule has 0 saturated carbocycles. The van der Waals surface area contributed by atoms with E-state index in [1.54, 1.807) is 27.7 Å². The maximum Gasteiger partial charge on any atom is 0.408 e. The summed E-state index contributed by atoms with van der Waals surface area (Å²) in [5, 5.41) is 14.1. The van der Waals surface area contributed by atoms with Gasteiger partial charge in [0, 0.05) is 12.1 Å². The number of hydrogen-bond donors (Lipinski definition) is 3. The number of carboxylic acids is 1. The van der Waals surface area contributed by atoms with Crippen LogP contribution in [0.4, 0.5) is 4.79 Å². The largest absolute Gasteiger partial charge is 0.480 e. The standard InChI is InChI=1S/C15H26N2O5/c1-10(2)12(18)16-9-7-6-8-11(13(19)20)17-14(21)22-15(3,4)5/h11H,1,6-9H2,2-5H3,(H,16,18)(H,17,21)(H,19,20). The van der Waals surface area contributed by atoms with Gasteiger partial charge in [-0.05, 0) is 47.0 Å². The predicted molar refractivity (Wildman–Crippen MR) is 82.5 cm³/mol. The molecular formula is C15H26N2O5. The Labute approximate surface area is 131 Å². The molecule has 0 rings (SSSR count). The summed E-state index contributed by atoms with van der Waals surface area (Å²) in [6, 6.07) is -1.01. The molecule has 0 aliphatic carbocycles. The van der Waals surface area contributed by atoms with Gasteiger partial charge in [0.1, 0.15) is 11.6 Å². The van der Waals surface area contributed by atoms with Crippen molar-refractivity contribution in [3.63, 3.8) is 0 Å². The molecule has 22 heavy (non-hydrogen) atoms. The van der Waals surface area contributed by atoms with Crippen molar-refractivity contribution in [2.45, 2.75) is 58.6 Å². The van der Waals surface area contributed by atoms with Gasteiger partial charge >= 0.3 is 12.1 Å². The summed E-state index contributed by atoms with van der Waals surface area (Å²) in [6.45, 7) is 10.7. The van der Waals surface area contributed by atoms with E-state index in [-0.39, 0.29) is 12.3 Å². The Morgan fingerprint density at radius 1 is 1.23 bits per heavy atom. The molecule has 7 nitrogen and oxygen atoms in total. The van der Waals surface area contributed by atoms with Crippen LogP contribution >= 0.6 is 0 Å². The van der Waals surface area contributed by atoms with Crippen LogP contribution in [0.25, 0.3) is 0 Å². The highest BCUT2D eigenvalue weighted by atomic mass is 16.6. The number of ether oxygens (including phenoxy) is 1. The second-order valence-electron chi connectivity index (χ2n) is 6.07. The number of unbranched alkanes of at least 4 members (excludes halogenated alkanes) is 1. The number of aliphatic carboxylic acids is 1. The molecule has 0 aromatic heterocycles. The van der Waals surface area contributed by atoms with Crippen LogP contribution in [0.2, 0.25) is 0 Å². The van der Waals surface area contributed by atoms with Gasteiger partial charge in [-0.3, -0.25) is 4.79 Å². The summed E-state index contributed by atoms with van der Waals surface area (Å²) in [6.07, 6.45) is 0.662. The first kappa shape index (κ1) is 19.9. The fourth-order valence-electron chi connectivity index (χ4n) is 1.53. The number of rotatable bonds is 8. The molecule has 0 saturated heterocycles. The van der Waals surface area contributed by atoms with E-state index in [4.69, 9.17) is 9.84 Å². The fourth-order valence-corrected chi connectivity index (χ4v) is 1.53. The maximum atomic E-state index is 11.6. The number of carboxylic acid groups (broad SMARTS) is 1. The van der Waals surface area contributed by atoms with Crippen LogP contribution in [0.1, 0.15) is 47.0 Å². The first-order valence-electron chi connectivity index (χ1n) is 7.19. The van der Waals surface area contributed by atoms with E-state index in [9.17, 15) is 14.4 Å². The SMILES string of the molecule is C=C(C)C(=O)NCCCCC(NC(=O)OC(C)(C)C)C(=O)O. The minimum atomic E-state index is -1.11. The summed E-state index contributed by atoms with van der Waals surface area (Å²) < 4.78 is 5.02. The molecule has 3 N–H and O–H groups in total. The Morgan fingerprint density at radius 3 is 2.27 bits per heavy atom. The maximum absolute atomic E-state index is 11.6. The van der Waals surface area contributed by atoms with Crippen LogP contribution in [0.15, 0.2) is 12.2 Å². The van der Waals surface area contributed by atoms with E-state index in [0.29, 0.717) is 25.0 Å². The fraction of sp³-hybridized carbons (Fsp3) is 0.667. The number of carbonyl (C=O) groups is 3. The second-order valence-corrected chi connectivity index (χ2v) is 6.07. The van der Waals surface area contributed by atoms with Gasteiger partial charge in [-0.25, -0.2) is 9.59 Å². The van der Waals surface area contributed by atoms with Crippen molar-refractivity contribution >= 4 is 18.0 Å². The van der Waals surface area contributed by atoms with E-state index < -0.39 is 23.7 Å². The average molecular weight is 314 g/mol. The van der Waals surface area contributed by atoms with Crippen LogP contribution in [-0.4, -0.2) is 41.3 Å². The molecule has 7 heteroatoms. The number of hydrogen-bond acceptors (Lipinski definition) is 4. The highest BCUT2D eigenvalue weighted by Crippen LogP contribution is 2.08. The first-order chi connectivity index (χ1) is 10.0. The molecular weight excluding hydrogens is 288 g/mol. The Kier molecular flexibility index (Phi) is 8.22. The minimum absolute atomic E-state index is 0.221. The van der Waals surface area contributed by atoms with Crippen molar-refractivity contribution in [3.8, 4) is 0 Å². The lowest BCUT2D eigenvalue weighted by atomic mass is 10.1. The van der Waals surface area contributed by atoms with Gasteiger partial charge in [0.15, 0.2) is 0 Å². The molecule has 0 radical (unpaired) electrons. The van der Waals surface area contributed by atoms with Crippen LogP contribution in [0.5, 0.6) is 0 Å². The van der Waals surface area contributed by atoms with Gasteiger partial charge in [-0.15, -0.1) is 0 Å². The van der Waals surface area contributed by atoms with Gasteiger partial charge in [0.2, 0.25) is 5.91 Å². The lowest BCUT2D eigenvalue weighted by Gasteiger charge is -2.22. The molecule has 0 aliphatic heterocycles. The quantitative estimate of drug-likeness (QED) is 0.468. The molecule has 0 bridgehead atoms. The molecule has 1 unspecified atom stereocenters. The highest BCUT2D eigenvalue weighted by molar-refractivity contribution is 5.92. The Hall–Kier alpha value is -2.05. The third-order valence-electron chi connectivity index (χ3n) is 2.58. The molecule has 0 aliphatic rings. The van der Waals surface area contributed by atoms with Gasteiger partial charge in [-0.2, -0.15) is 0 Å². The van der Waals surface area contributed by atoms with Crippen molar-refractivity contribution < 1.29 is 24.2 Å². The van der Waals surface area contributed by atoms with Gasteiger partial charge in [0.05, 0.1) is 0 Å². The van der Waals surface area contributed by atoms with Crippen molar-refractivity contribution in [2.24, 2.45) is 0 Å². The van der Waals surface area contributed by atoms with Crippen LogP contribution in [0.3, 0.4) is 0 Å². The first-order valence-corrected chi connectivity index (χ1v) is 7.19. The van der Waals surface area contributed by atoms with E-state index >= 15 is 0 Å². The van der Waals surface area contributed by atoms with Crippen molar-refractivity contribution in [3.05, 3.63) is 12.2 Å². The second kappa shape index (κ2) is 9.07. The van der Waals surface area contributed by atoms with Gasteiger partial charge in [-0.1, -0.05) is 6.58 Å². The average Bonchev–Trinajstić information content (AvgIpc) is 2.33. The predicted octanol–water partition coefficient (Wildman–Crippen LogP) is 1.83. The monoisotopic (exact) mass is 314 g/mol. The molecule has 2 amide bonds. The zero-order chi connectivity index (χ0) is 17.3. The van der Waals surface area contributed by atoms with E-state index in [2.05, 4.69) is 17.2 Å². The Bertz CT molecular complexity index is 426. The lowest BCUT2D eigenvalue weighted by molar-refractivity contribution is -0.139. The summed E-state index contributed by atoms with van der Waals surface area (Å²) in [7, 11) is 0. The van der Waals surface area contributed by atoms with Crippen LogP contribution < -0.4 is 10.6 Å². The van der Waals surface area contributed by atoms with E-state index in [0.717, 1.165) is 0 Å². The lowest BCUT2D eigenvalue weighted by Crippen LogP contribution is -2.43. The molecule has 0 fully saturated rings. The zero-order valence-corrected chi connectivity index (χ0v) is 13.7. The Morgan fingerprint density at radius 2 is 1.82 bits per heavy atom. The number of carbonyl (C=O) groups excluding carboxylic acids is 2. The third-order valence-corrected chi connectivity index (χ3v) is 2.58. The highest BCUT2D eigenvalue weighted by Gasteiger charge is 2.23. The number of nitrogens with one attached hydrogen (secondary N) is 2. The normalized spacial score (nSPS) is 12.2. The molecule has 0 aromatic rings. The molecule has 0 spiro atoms. The minimum Gasteiger partial charge on any atom is -0.480 e. The molecule has 1 atom stereocenters.